The number of hydrogen-bond donors (Lipinski definition) is 4. The van der Waals surface area contributed by atoms with E-state index in [2.05, 4.69) is 15.5 Å². The van der Waals surface area contributed by atoms with Gasteiger partial charge in [0.1, 0.15) is 0 Å². The highest BCUT2D eigenvalue weighted by Crippen LogP contribution is 2.29. The van der Waals surface area contributed by atoms with Gasteiger partial charge in [0.25, 0.3) is 0 Å². The lowest BCUT2D eigenvalue weighted by Crippen LogP contribution is -2.46. The average molecular weight is 375 g/mol. The summed E-state index contributed by atoms with van der Waals surface area (Å²) in [5, 5.41) is 5.32. The van der Waals surface area contributed by atoms with Crippen molar-refractivity contribution in [1.82, 2.24) is 5.32 Å². The van der Waals surface area contributed by atoms with Gasteiger partial charge in [-0.3, -0.25) is 14.4 Å². The molecular formula is C19H29N5O3. The number of amides is 3. The van der Waals surface area contributed by atoms with Gasteiger partial charge in [0.05, 0.1) is 24.0 Å². The van der Waals surface area contributed by atoms with E-state index in [1.54, 1.807) is 18.2 Å². The van der Waals surface area contributed by atoms with Crippen LogP contribution in [0.3, 0.4) is 0 Å². The number of primary amides is 1. The molecule has 0 aromatic heterocycles. The lowest BCUT2D eigenvalue weighted by atomic mass is 10.1. The minimum Gasteiger partial charge on any atom is -0.370 e. The van der Waals surface area contributed by atoms with Gasteiger partial charge in [-0.1, -0.05) is 13.8 Å². The standard InChI is InChI=1S/C19H29N5O3/c1-12(2)17(20)19(27)22-11-16(25)23-14-10-13(18(21)26)6-7-15(14)24-8-4-3-5-9-24/h6-7,10,12,17H,3-5,8-9,11,20H2,1-2H3,(H2,21,26)(H,22,27)(H,23,25)/t17-/m0/s1. The maximum atomic E-state index is 12.3. The Labute approximate surface area is 159 Å². The van der Waals surface area contributed by atoms with Crippen LogP contribution in [0.5, 0.6) is 0 Å². The molecule has 1 aromatic rings. The van der Waals surface area contributed by atoms with Crippen LogP contribution in [0.4, 0.5) is 11.4 Å². The normalized spacial score (nSPS) is 15.3. The Morgan fingerprint density at radius 2 is 1.81 bits per heavy atom. The van der Waals surface area contributed by atoms with E-state index in [4.69, 9.17) is 11.5 Å². The quantitative estimate of drug-likeness (QED) is 0.560. The second-order valence-electron chi connectivity index (χ2n) is 7.18. The van der Waals surface area contributed by atoms with E-state index in [0.717, 1.165) is 31.6 Å². The maximum absolute atomic E-state index is 12.3. The van der Waals surface area contributed by atoms with Gasteiger partial charge in [0.15, 0.2) is 0 Å². The van der Waals surface area contributed by atoms with E-state index in [1.165, 1.54) is 6.42 Å². The molecule has 0 spiro atoms. The van der Waals surface area contributed by atoms with Crippen molar-refractivity contribution in [3.05, 3.63) is 23.8 Å². The molecule has 1 heterocycles. The average Bonchev–Trinajstić information content (AvgIpc) is 2.65. The van der Waals surface area contributed by atoms with E-state index in [0.29, 0.717) is 11.3 Å². The number of nitrogens with zero attached hydrogens (tertiary/aromatic N) is 1. The monoisotopic (exact) mass is 375 g/mol. The fraction of sp³-hybridized carbons (Fsp3) is 0.526. The maximum Gasteiger partial charge on any atom is 0.248 e. The van der Waals surface area contributed by atoms with Crippen molar-refractivity contribution in [2.45, 2.75) is 39.2 Å². The first-order chi connectivity index (χ1) is 12.8. The summed E-state index contributed by atoms with van der Waals surface area (Å²) in [5.74, 6) is -1.35. The third-order valence-electron chi connectivity index (χ3n) is 4.70. The molecular weight excluding hydrogens is 346 g/mol. The summed E-state index contributed by atoms with van der Waals surface area (Å²) >= 11 is 0. The van der Waals surface area contributed by atoms with Crippen LogP contribution in [0.1, 0.15) is 43.5 Å². The summed E-state index contributed by atoms with van der Waals surface area (Å²) in [5.41, 5.74) is 12.8. The molecule has 1 fully saturated rings. The number of hydrogen-bond acceptors (Lipinski definition) is 5. The molecule has 148 valence electrons. The molecule has 1 aliphatic rings. The molecule has 0 radical (unpaired) electrons. The van der Waals surface area contributed by atoms with Crippen LogP contribution in [0.2, 0.25) is 0 Å². The zero-order chi connectivity index (χ0) is 20.0. The molecule has 0 saturated carbocycles. The Bertz CT molecular complexity index is 699. The van der Waals surface area contributed by atoms with Gasteiger partial charge in [-0.05, 0) is 43.4 Å². The molecule has 0 aliphatic carbocycles. The van der Waals surface area contributed by atoms with Crippen molar-refractivity contribution < 1.29 is 14.4 Å². The third-order valence-corrected chi connectivity index (χ3v) is 4.70. The molecule has 8 nitrogen and oxygen atoms in total. The number of benzene rings is 1. The topological polar surface area (TPSA) is 131 Å². The van der Waals surface area contributed by atoms with E-state index in [9.17, 15) is 14.4 Å². The Kier molecular flexibility index (Phi) is 7.18. The fourth-order valence-corrected chi connectivity index (χ4v) is 2.98. The minimum atomic E-state index is -0.667. The second-order valence-corrected chi connectivity index (χ2v) is 7.18. The van der Waals surface area contributed by atoms with Crippen LogP contribution in [0.15, 0.2) is 18.2 Å². The first-order valence-electron chi connectivity index (χ1n) is 9.31. The molecule has 3 amide bonds. The smallest absolute Gasteiger partial charge is 0.248 e. The fourth-order valence-electron chi connectivity index (χ4n) is 2.98. The molecule has 6 N–H and O–H groups in total. The zero-order valence-electron chi connectivity index (χ0n) is 16.0. The van der Waals surface area contributed by atoms with Crippen molar-refractivity contribution in [3.8, 4) is 0 Å². The number of nitrogens with two attached hydrogens (primary N) is 2. The van der Waals surface area contributed by atoms with Crippen molar-refractivity contribution in [1.29, 1.82) is 0 Å². The molecule has 1 aliphatic heterocycles. The van der Waals surface area contributed by atoms with Gasteiger partial charge in [-0.15, -0.1) is 0 Å². The second kappa shape index (κ2) is 9.36. The molecule has 1 aromatic carbocycles. The predicted octanol–water partition coefficient (Wildman–Crippen LogP) is 0.814. The zero-order valence-corrected chi connectivity index (χ0v) is 16.0. The Morgan fingerprint density at radius 3 is 2.41 bits per heavy atom. The van der Waals surface area contributed by atoms with Gasteiger partial charge in [0.2, 0.25) is 17.7 Å². The molecule has 1 atom stereocenters. The molecule has 8 heteroatoms. The number of rotatable bonds is 7. The Morgan fingerprint density at radius 1 is 1.15 bits per heavy atom. The van der Waals surface area contributed by atoms with Gasteiger partial charge in [-0.2, -0.15) is 0 Å². The summed E-state index contributed by atoms with van der Waals surface area (Å²) in [6.45, 7) is 5.26. The van der Waals surface area contributed by atoms with E-state index < -0.39 is 11.9 Å². The predicted molar refractivity (Wildman–Crippen MR) is 105 cm³/mol. The summed E-state index contributed by atoms with van der Waals surface area (Å²) in [6.07, 6.45) is 3.34. The lowest BCUT2D eigenvalue weighted by molar-refractivity contribution is -0.125. The molecule has 0 unspecified atom stereocenters. The van der Waals surface area contributed by atoms with Crippen LogP contribution in [0, 0.1) is 5.92 Å². The molecule has 1 saturated heterocycles. The van der Waals surface area contributed by atoms with Crippen LogP contribution < -0.4 is 27.0 Å². The van der Waals surface area contributed by atoms with Gasteiger partial charge in [-0.25, -0.2) is 0 Å². The molecule has 27 heavy (non-hydrogen) atoms. The SMILES string of the molecule is CC(C)[C@H](N)C(=O)NCC(=O)Nc1cc(C(N)=O)ccc1N1CCCCC1. The number of nitrogens with one attached hydrogen (secondary N) is 2. The van der Waals surface area contributed by atoms with Crippen LogP contribution in [-0.2, 0) is 9.59 Å². The van der Waals surface area contributed by atoms with E-state index in [-0.39, 0.29) is 24.3 Å². The van der Waals surface area contributed by atoms with Gasteiger partial charge >= 0.3 is 0 Å². The van der Waals surface area contributed by atoms with E-state index in [1.807, 2.05) is 13.8 Å². The Balaban J connectivity index is 2.10. The highest BCUT2D eigenvalue weighted by Gasteiger charge is 2.20. The Hall–Kier alpha value is -2.61. The van der Waals surface area contributed by atoms with Gasteiger partial charge in [0, 0.05) is 18.7 Å². The largest absolute Gasteiger partial charge is 0.370 e. The summed E-state index contributed by atoms with van der Waals surface area (Å²) in [6, 6.07) is 4.37. The number of carbonyl (C=O) groups excluding carboxylic acids is 3. The van der Waals surface area contributed by atoms with Crippen LogP contribution >= 0.6 is 0 Å². The van der Waals surface area contributed by atoms with Crippen molar-refractivity contribution in [2.75, 3.05) is 29.9 Å². The first-order valence-corrected chi connectivity index (χ1v) is 9.31. The van der Waals surface area contributed by atoms with Crippen molar-refractivity contribution in [3.63, 3.8) is 0 Å². The van der Waals surface area contributed by atoms with Crippen LogP contribution in [0.25, 0.3) is 0 Å². The van der Waals surface area contributed by atoms with Crippen molar-refractivity contribution >= 4 is 29.1 Å². The number of piperidine rings is 1. The van der Waals surface area contributed by atoms with E-state index >= 15 is 0 Å². The lowest BCUT2D eigenvalue weighted by Gasteiger charge is -2.30. The van der Waals surface area contributed by atoms with Gasteiger partial charge < -0.3 is 27.0 Å². The van der Waals surface area contributed by atoms with Crippen LogP contribution in [-0.4, -0.2) is 43.4 Å². The summed E-state index contributed by atoms with van der Waals surface area (Å²) < 4.78 is 0. The minimum absolute atomic E-state index is 0.0222. The summed E-state index contributed by atoms with van der Waals surface area (Å²) in [7, 11) is 0. The first kappa shape index (κ1) is 20.7. The third kappa shape index (κ3) is 5.68. The van der Waals surface area contributed by atoms with Crippen molar-refractivity contribution in [2.24, 2.45) is 17.4 Å². The molecule has 0 bridgehead atoms. The number of carbonyl (C=O) groups is 3. The summed E-state index contributed by atoms with van der Waals surface area (Å²) in [4.78, 5) is 37.9. The number of anilines is 2. The molecule has 2 rings (SSSR count). The highest BCUT2D eigenvalue weighted by molar-refractivity contribution is 6.00. The highest BCUT2D eigenvalue weighted by atomic mass is 16.2.